The minimum Gasteiger partial charge on any atom is -0.337 e. The number of hydrogen-bond donors (Lipinski definition) is 2. The molecular weight excluding hydrogens is 322 g/mol. The van der Waals surface area contributed by atoms with E-state index in [1.54, 1.807) is 29.2 Å². The molecule has 0 fully saturated rings. The molecular formula is C14H15N3O3S2. The number of nitro benzene ring substituents is 1. The fraction of sp³-hybridized carbons (Fsp3) is 0.214. The quantitative estimate of drug-likeness (QED) is 0.458. The Morgan fingerprint density at radius 3 is 2.95 bits per heavy atom. The number of hydrogen-bond acceptors (Lipinski definition) is 5. The summed E-state index contributed by atoms with van der Waals surface area (Å²) in [5.74, 6) is 1.73. The van der Waals surface area contributed by atoms with Crippen LogP contribution in [0.5, 0.6) is 0 Å². The Bertz CT molecular complexity index is 632. The Labute approximate surface area is 136 Å². The van der Waals surface area contributed by atoms with Gasteiger partial charge in [-0.05, 0) is 28.5 Å². The van der Waals surface area contributed by atoms with Gasteiger partial charge in [0.2, 0.25) is 0 Å². The van der Waals surface area contributed by atoms with Crippen molar-refractivity contribution in [3.05, 3.63) is 56.8 Å². The number of non-ortho nitro benzene ring substituents is 1. The number of urea groups is 1. The van der Waals surface area contributed by atoms with Crippen LogP contribution in [-0.2, 0) is 5.75 Å². The smallest absolute Gasteiger partial charge is 0.319 e. The van der Waals surface area contributed by atoms with E-state index in [1.165, 1.54) is 23.8 Å². The third kappa shape index (κ3) is 5.38. The molecule has 1 aromatic heterocycles. The van der Waals surface area contributed by atoms with Crippen molar-refractivity contribution in [2.24, 2.45) is 0 Å². The van der Waals surface area contributed by atoms with Crippen LogP contribution in [0.2, 0.25) is 0 Å². The topological polar surface area (TPSA) is 84.3 Å². The van der Waals surface area contributed by atoms with E-state index >= 15 is 0 Å². The van der Waals surface area contributed by atoms with Crippen LogP contribution in [0.3, 0.4) is 0 Å². The molecule has 0 aliphatic heterocycles. The van der Waals surface area contributed by atoms with Crippen molar-refractivity contribution < 1.29 is 9.72 Å². The Morgan fingerprint density at radius 2 is 2.23 bits per heavy atom. The van der Waals surface area contributed by atoms with Gasteiger partial charge in [-0.25, -0.2) is 4.79 Å². The molecule has 2 N–H and O–H groups in total. The van der Waals surface area contributed by atoms with E-state index in [9.17, 15) is 14.9 Å². The predicted molar refractivity (Wildman–Crippen MR) is 90.6 cm³/mol. The van der Waals surface area contributed by atoms with Crippen LogP contribution in [0.4, 0.5) is 16.2 Å². The Kier molecular flexibility index (Phi) is 6.23. The molecule has 0 aliphatic carbocycles. The molecule has 0 saturated heterocycles. The summed E-state index contributed by atoms with van der Waals surface area (Å²) in [7, 11) is 0. The lowest BCUT2D eigenvalue weighted by Gasteiger charge is -2.07. The third-order valence-corrected chi connectivity index (χ3v) is 4.46. The molecule has 0 radical (unpaired) electrons. The van der Waals surface area contributed by atoms with Crippen LogP contribution in [0, 0.1) is 10.1 Å². The van der Waals surface area contributed by atoms with Crippen LogP contribution < -0.4 is 10.6 Å². The van der Waals surface area contributed by atoms with Gasteiger partial charge in [0.15, 0.2) is 0 Å². The second-order valence-electron chi connectivity index (χ2n) is 4.37. The fourth-order valence-electron chi connectivity index (χ4n) is 1.67. The Hall–Kier alpha value is -2.06. The molecule has 22 heavy (non-hydrogen) atoms. The number of thiophene rings is 1. The average molecular weight is 337 g/mol. The van der Waals surface area contributed by atoms with Crippen molar-refractivity contribution in [1.82, 2.24) is 5.32 Å². The summed E-state index contributed by atoms with van der Waals surface area (Å²) in [5.41, 5.74) is 1.64. The SMILES string of the molecule is O=C(NCCSCc1ccsc1)Nc1cccc([N+](=O)[O-])c1. The summed E-state index contributed by atoms with van der Waals surface area (Å²) < 4.78 is 0. The zero-order chi connectivity index (χ0) is 15.8. The second kappa shape index (κ2) is 8.40. The molecule has 0 bridgehead atoms. The molecule has 0 unspecified atom stereocenters. The average Bonchev–Trinajstić information content (AvgIpc) is 3.00. The molecule has 0 atom stereocenters. The van der Waals surface area contributed by atoms with Gasteiger partial charge >= 0.3 is 6.03 Å². The number of benzene rings is 1. The highest BCUT2D eigenvalue weighted by molar-refractivity contribution is 7.98. The van der Waals surface area contributed by atoms with Crippen molar-refractivity contribution in [1.29, 1.82) is 0 Å². The van der Waals surface area contributed by atoms with Crippen LogP contribution in [0.15, 0.2) is 41.1 Å². The van der Waals surface area contributed by atoms with E-state index in [1.807, 2.05) is 5.38 Å². The number of anilines is 1. The molecule has 1 heterocycles. The highest BCUT2D eigenvalue weighted by Gasteiger charge is 2.07. The molecule has 116 valence electrons. The zero-order valence-electron chi connectivity index (χ0n) is 11.7. The minimum atomic E-state index is -0.496. The van der Waals surface area contributed by atoms with Crippen LogP contribution in [-0.4, -0.2) is 23.3 Å². The first-order valence-corrected chi connectivity index (χ1v) is 8.63. The van der Waals surface area contributed by atoms with E-state index in [0.717, 1.165) is 11.5 Å². The zero-order valence-corrected chi connectivity index (χ0v) is 13.3. The number of carbonyl (C=O) groups is 1. The van der Waals surface area contributed by atoms with E-state index in [0.29, 0.717) is 12.2 Å². The van der Waals surface area contributed by atoms with Crippen LogP contribution >= 0.6 is 23.1 Å². The maximum absolute atomic E-state index is 11.7. The monoisotopic (exact) mass is 337 g/mol. The Morgan fingerprint density at radius 1 is 1.36 bits per heavy atom. The summed E-state index contributed by atoms with van der Waals surface area (Å²) in [6, 6.07) is 7.56. The van der Waals surface area contributed by atoms with Crippen molar-refractivity contribution in [2.45, 2.75) is 5.75 Å². The minimum absolute atomic E-state index is 0.0517. The number of nitrogens with one attached hydrogen (secondary N) is 2. The molecule has 0 saturated carbocycles. The van der Waals surface area contributed by atoms with Crippen molar-refractivity contribution >= 4 is 40.5 Å². The first-order valence-electron chi connectivity index (χ1n) is 6.53. The highest BCUT2D eigenvalue weighted by atomic mass is 32.2. The molecule has 8 heteroatoms. The van der Waals surface area contributed by atoms with Gasteiger partial charge in [-0.3, -0.25) is 10.1 Å². The highest BCUT2D eigenvalue weighted by Crippen LogP contribution is 2.17. The molecule has 0 aliphatic rings. The summed E-state index contributed by atoms with van der Waals surface area (Å²) >= 11 is 3.41. The lowest BCUT2D eigenvalue weighted by molar-refractivity contribution is -0.384. The van der Waals surface area contributed by atoms with E-state index in [4.69, 9.17) is 0 Å². The van der Waals surface area contributed by atoms with Gasteiger partial charge in [0.25, 0.3) is 5.69 Å². The number of nitro groups is 1. The van der Waals surface area contributed by atoms with Gasteiger partial charge in [0, 0.05) is 35.9 Å². The van der Waals surface area contributed by atoms with Crippen molar-refractivity contribution in [3.63, 3.8) is 0 Å². The molecule has 1 aromatic carbocycles. The first kappa shape index (κ1) is 16.3. The van der Waals surface area contributed by atoms with Crippen molar-refractivity contribution in [3.8, 4) is 0 Å². The van der Waals surface area contributed by atoms with Gasteiger partial charge in [0.05, 0.1) is 4.92 Å². The van der Waals surface area contributed by atoms with Gasteiger partial charge in [-0.2, -0.15) is 23.1 Å². The summed E-state index contributed by atoms with van der Waals surface area (Å²) in [4.78, 5) is 21.8. The second-order valence-corrected chi connectivity index (χ2v) is 6.26. The number of carbonyl (C=O) groups excluding carboxylic acids is 1. The number of thioether (sulfide) groups is 1. The number of amides is 2. The van der Waals surface area contributed by atoms with E-state index in [-0.39, 0.29) is 11.7 Å². The normalized spacial score (nSPS) is 10.2. The van der Waals surface area contributed by atoms with Gasteiger partial charge in [0.1, 0.15) is 0 Å². The van der Waals surface area contributed by atoms with Gasteiger partial charge in [-0.1, -0.05) is 6.07 Å². The van der Waals surface area contributed by atoms with Crippen LogP contribution in [0.1, 0.15) is 5.56 Å². The molecule has 2 rings (SSSR count). The lowest BCUT2D eigenvalue weighted by atomic mass is 10.3. The van der Waals surface area contributed by atoms with Gasteiger partial charge < -0.3 is 10.6 Å². The van der Waals surface area contributed by atoms with Crippen molar-refractivity contribution in [2.75, 3.05) is 17.6 Å². The molecule has 2 amide bonds. The lowest BCUT2D eigenvalue weighted by Crippen LogP contribution is -2.30. The molecule has 2 aromatic rings. The largest absolute Gasteiger partial charge is 0.337 e. The maximum atomic E-state index is 11.7. The van der Waals surface area contributed by atoms with E-state index < -0.39 is 4.92 Å². The molecule has 0 spiro atoms. The molecule has 6 nitrogen and oxygen atoms in total. The van der Waals surface area contributed by atoms with Crippen LogP contribution in [0.25, 0.3) is 0 Å². The number of rotatable bonds is 7. The fourth-order valence-corrected chi connectivity index (χ4v) is 3.25. The summed E-state index contributed by atoms with van der Waals surface area (Å²) in [6.45, 7) is 0.537. The van der Waals surface area contributed by atoms with E-state index in [2.05, 4.69) is 22.1 Å². The predicted octanol–water partition coefficient (Wildman–Crippen LogP) is 3.71. The standard InChI is InChI=1S/C14H15N3O3S2/c18-14(15-5-7-22-10-11-4-6-21-9-11)16-12-2-1-3-13(8-12)17(19)20/h1-4,6,8-9H,5,7,10H2,(H2,15,16,18). The number of nitrogens with zero attached hydrogens (tertiary/aromatic N) is 1. The Balaban J connectivity index is 1.67. The van der Waals surface area contributed by atoms with Gasteiger partial charge in [-0.15, -0.1) is 0 Å². The third-order valence-electron chi connectivity index (χ3n) is 2.70. The summed E-state index contributed by atoms with van der Waals surface area (Å²) in [6.07, 6.45) is 0. The first-order chi connectivity index (χ1) is 10.6. The summed E-state index contributed by atoms with van der Waals surface area (Å²) in [5, 5.41) is 20.1. The maximum Gasteiger partial charge on any atom is 0.319 e.